The molecule has 3 nitrogen and oxygen atoms in total. The first kappa shape index (κ1) is 14.1. The van der Waals surface area contributed by atoms with Gasteiger partial charge in [0.1, 0.15) is 12.4 Å². The molecule has 0 atom stereocenters. The zero-order valence-electron chi connectivity index (χ0n) is 12.3. The lowest BCUT2D eigenvalue weighted by Gasteiger charge is -2.08. The number of hydrogen-bond donors (Lipinski definition) is 0. The monoisotopic (exact) mass is 292 g/mol. The molecule has 3 rings (SSSR count). The first-order chi connectivity index (χ1) is 10.8. The van der Waals surface area contributed by atoms with E-state index in [4.69, 9.17) is 9.47 Å². The van der Waals surface area contributed by atoms with Crippen molar-refractivity contribution in [2.75, 3.05) is 7.11 Å². The fraction of sp³-hybridized carbons (Fsp3) is 0.105. The molecule has 3 aromatic carbocycles. The number of methoxy groups -OCH3 is 1. The number of ether oxygens (including phenoxy) is 2. The highest BCUT2D eigenvalue weighted by molar-refractivity contribution is 5.89. The van der Waals surface area contributed by atoms with E-state index in [9.17, 15) is 4.79 Å². The standard InChI is InChI=1S/C19H16O3/c1-21-19(20)17-8-4-5-14(11-17)13-22-18-10-9-15-6-2-3-7-16(15)12-18/h2-12H,13H2,1H3. The molecule has 0 spiro atoms. The van der Waals surface area contributed by atoms with Gasteiger partial charge in [0.05, 0.1) is 12.7 Å². The summed E-state index contributed by atoms with van der Waals surface area (Å²) >= 11 is 0. The van der Waals surface area contributed by atoms with Crippen LogP contribution in [-0.2, 0) is 11.3 Å². The summed E-state index contributed by atoms with van der Waals surface area (Å²) in [6.45, 7) is 0.406. The first-order valence-electron chi connectivity index (χ1n) is 7.05. The van der Waals surface area contributed by atoms with E-state index in [1.54, 1.807) is 12.1 Å². The maximum Gasteiger partial charge on any atom is 0.337 e. The quantitative estimate of drug-likeness (QED) is 0.676. The molecule has 0 aliphatic rings. The minimum absolute atomic E-state index is 0.340. The van der Waals surface area contributed by atoms with Crippen LogP contribution in [0.4, 0.5) is 0 Å². The van der Waals surface area contributed by atoms with Gasteiger partial charge in [-0.15, -0.1) is 0 Å². The Bertz CT molecular complexity index is 808. The van der Waals surface area contributed by atoms with E-state index in [-0.39, 0.29) is 5.97 Å². The zero-order valence-corrected chi connectivity index (χ0v) is 12.3. The third-order valence-corrected chi connectivity index (χ3v) is 3.47. The molecule has 3 heteroatoms. The van der Waals surface area contributed by atoms with Crippen molar-refractivity contribution in [1.29, 1.82) is 0 Å². The van der Waals surface area contributed by atoms with Crippen molar-refractivity contribution in [3.05, 3.63) is 77.9 Å². The van der Waals surface area contributed by atoms with Gasteiger partial charge in [0.25, 0.3) is 0 Å². The van der Waals surface area contributed by atoms with E-state index < -0.39 is 0 Å². The van der Waals surface area contributed by atoms with Gasteiger partial charge in [-0.05, 0) is 40.6 Å². The Hall–Kier alpha value is -2.81. The molecule has 0 saturated carbocycles. The normalized spacial score (nSPS) is 10.4. The van der Waals surface area contributed by atoms with Crippen LogP contribution in [-0.4, -0.2) is 13.1 Å². The average Bonchev–Trinajstić information content (AvgIpc) is 2.59. The van der Waals surface area contributed by atoms with Gasteiger partial charge in [-0.2, -0.15) is 0 Å². The van der Waals surface area contributed by atoms with Crippen molar-refractivity contribution in [2.24, 2.45) is 0 Å². The van der Waals surface area contributed by atoms with Gasteiger partial charge in [0.2, 0.25) is 0 Å². The van der Waals surface area contributed by atoms with Gasteiger partial charge >= 0.3 is 5.97 Å². The lowest BCUT2D eigenvalue weighted by Crippen LogP contribution is -2.03. The van der Waals surface area contributed by atoms with Crippen LogP contribution in [0.15, 0.2) is 66.7 Å². The maximum atomic E-state index is 11.5. The van der Waals surface area contributed by atoms with Crippen molar-refractivity contribution >= 4 is 16.7 Å². The highest BCUT2D eigenvalue weighted by Gasteiger charge is 2.06. The largest absolute Gasteiger partial charge is 0.489 e. The van der Waals surface area contributed by atoms with E-state index in [0.29, 0.717) is 12.2 Å². The van der Waals surface area contributed by atoms with E-state index >= 15 is 0 Å². The van der Waals surface area contributed by atoms with Gasteiger partial charge in [-0.3, -0.25) is 0 Å². The number of esters is 1. The van der Waals surface area contributed by atoms with Crippen LogP contribution >= 0.6 is 0 Å². The van der Waals surface area contributed by atoms with Gasteiger partial charge < -0.3 is 9.47 Å². The molecule has 3 aromatic rings. The Balaban J connectivity index is 1.75. The van der Waals surface area contributed by atoms with E-state index in [1.165, 1.54) is 12.5 Å². The number of benzene rings is 3. The fourth-order valence-electron chi connectivity index (χ4n) is 2.33. The number of carbonyl (C=O) groups is 1. The Kier molecular flexibility index (Phi) is 4.05. The highest BCUT2D eigenvalue weighted by Crippen LogP contribution is 2.21. The summed E-state index contributed by atoms with van der Waals surface area (Å²) in [4.78, 5) is 11.5. The second-order valence-corrected chi connectivity index (χ2v) is 4.99. The van der Waals surface area contributed by atoms with Crippen LogP contribution in [0, 0.1) is 0 Å². The summed E-state index contributed by atoms with van der Waals surface area (Å²) in [6.07, 6.45) is 0. The molecule has 110 valence electrons. The predicted octanol–water partition coefficient (Wildman–Crippen LogP) is 4.21. The number of rotatable bonds is 4. The van der Waals surface area contributed by atoms with E-state index in [2.05, 4.69) is 12.1 Å². The molecule has 0 aliphatic heterocycles. The van der Waals surface area contributed by atoms with Crippen molar-refractivity contribution in [1.82, 2.24) is 0 Å². The molecule has 22 heavy (non-hydrogen) atoms. The Morgan fingerprint density at radius 2 is 1.73 bits per heavy atom. The van der Waals surface area contributed by atoms with E-state index in [0.717, 1.165) is 16.7 Å². The molecule has 0 N–H and O–H groups in total. The second kappa shape index (κ2) is 6.31. The summed E-state index contributed by atoms with van der Waals surface area (Å²) in [7, 11) is 1.38. The molecule has 0 aromatic heterocycles. The second-order valence-electron chi connectivity index (χ2n) is 4.99. The molecule has 0 fully saturated rings. The lowest BCUT2D eigenvalue weighted by molar-refractivity contribution is 0.0600. The van der Waals surface area contributed by atoms with Crippen LogP contribution in [0.3, 0.4) is 0 Å². The molecule has 0 bridgehead atoms. The smallest absolute Gasteiger partial charge is 0.337 e. The summed E-state index contributed by atoms with van der Waals surface area (Å²) in [6, 6.07) is 21.4. The Morgan fingerprint density at radius 1 is 0.909 bits per heavy atom. The minimum atomic E-state index is -0.340. The van der Waals surface area contributed by atoms with E-state index in [1.807, 2.05) is 42.5 Å². The van der Waals surface area contributed by atoms with Crippen LogP contribution in [0.1, 0.15) is 15.9 Å². The van der Waals surface area contributed by atoms with Crippen molar-refractivity contribution in [3.8, 4) is 5.75 Å². The summed E-state index contributed by atoms with van der Waals surface area (Å²) in [5.74, 6) is 0.467. The fourth-order valence-corrected chi connectivity index (χ4v) is 2.33. The highest BCUT2D eigenvalue weighted by atomic mass is 16.5. The maximum absolute atomic E-state index is 11.5. The molecule has 0 radical (unpaired) electrons. The Labute approximate surface area is 129 Å². The SMILES string of the molecule is COC(=O)c1cccc(COc2ccc3ccccc3c2)c1. The van der Waals surface area contributed by atoms with Crippen LogP contribution < -0.4 is 4.74 Å². The molecule has 0 aliphatic carbocycles. The topological polar surface area (TPSA) is 35.5 Å². The summed E-state index contributed by atoms with van der Waals surface area (Å²) in [5.41, 5.74) is 1.46. The summed E-state index contributed by atoms with van der Waals surface area (Å²) in [5, 5.41) is 2.32. The number of hydrogen-bond acceptors (Lipinski definition) is 3. The molecule has 0 saturated heterocycles. The predicted molar refractivity (Wildman–Crippen MR) is 86.1 cm³/mol. The van der Waals surface area contributed by atoms with Gasteiger partial charge in [0, 0.05) is 0 Å². The molecular formula is C19H16O3. The zero-order chi connectivity index (χ0) is 15.4. The third-order valence-electron chi connectivity index (χ3n) is 3.47. The van der Waals surface area contributed by atoms with Crippen molar-refractivity contribution in [2.45, 2.75) is 6.61 Å². The average molecular weight is 292 g/mol. The van der Waals surface area contributed by atoms with Gasteiger partial charge in [-0.25, -0.2) is 4.79 Å². The van der Waals surface area contributed by atoms with Crippen molar-refractivity contribution < 1.29 is 14.3 Å². The van der Waals surface area contributed by atoms with Crippen LogP contribution in [0.2, 0.25) is 0 Å². The molecular weight excluding hydrogens is 276 g/mol. The molecule has 0 amide bonds. The van der Waals surface area contributed by atoms with Gasteiger partial charge in [-0.1, -0.05) is 42.5 Å². The first-order valence-corrected chi connectivity index (χ1v) is 7.05. The van der Waals surface area contributed by atoms with Crippen molar-refractivity contribution in [3.63, 3.8) is 0 Å². The summed E-state index contributed by atoms with van der Waals surface area (Å²) < 4.78 is 10.5. The van der Waals surface area contributed by atoms with Crippen LogP contribution in [0.5, 0.6) is 5.75 Å². The number of fused-ring (bicyclic) bond motifs is 1. The number of carbonyl (C=O) groups excluding carboxylic acids is 1. The molecule has 0 unspecified atom stereocenters. The lowest BCUT2D eigenvalue weighted by atomic mass is 10.1. The molecule has 0 heterocycles. The Morgan fingerprint density at radius 3 is 2.55 bits per heavy atom. The van der Waals surface area contributed by atoms with Gasteiger partial charge in [0.15, 0.2) is 0 Å². The third kappa shape index (κ3) is 3.09. The minimum Gasteiger partial charge on any atom is -0.489 e. The van der Waals surface area contributed by atoms with Crippen LogP contribution in [0.25, 0.3) is 10.8 Å².